The van der Waals surface area contributed by atoms with Crippen molar-refractivity contribution in [3.8, 4) is 11.5 Å². The predicted octanol–water partition coefficient (Wildman–Crippen LogP) is 2.85. The first-order valence-corrected chi connectivity index (χ1v) is 7.59. The number of aromatic nitrogens is 4. The minimum atomic E-state index is 0.104. The molecule has 0 spiro atoms. The molecular weight excluding hydrogens is 266 g/mol. The van der Waals surface area contributed by atoms with Crippen LogP contribution in [0.2, 0.25) is 0 Å². The normalized spacial score (nSPS) is 12.6. The summed E-state index contributed by atoms with van der Waals surface area (Å²) in [4.78, 5) is 0. The molecule has 0 aliphatic carbocycles. The molecule has 6 heteroatoms. The summed E-state index contributed by atoms with van der Waals surface area (Å²) in [6.45, 7) is 9.12. The number of hydrogen-bond donors (Lipinski definition) is 1. The fourth-order valence-electron chi connectivity index (χ4n) is 2.17. The first kappa shape index (κ1) is 15.6. The third kappa shape index (κ3) is 3.64. The molecule has 21 heavy (non-hydrogen) atoms. The van der Waals surface area contributed by atoms with E-state index in [4.69, 9.17) is 4.42 Å². The summed E-state index contributed by atoms with van der Waals surface area (Å²) in [6, 6.07) is 2.05. The van der Waals surface area contributed by atoms with Crippen LogP contribution < -0.4 is 5.32 Å². The second-order valence-electron chi connectivity index (χ2n) is 5.06. The molecule has 2 aromatic heterocycles. The Labute approximate surface area is 125 Å². The van der Waals surface area contributed by atoms with Crippen molar-refractivity contribution in [1.82, 2.24) is 25.7 Å². The molecule has 114 valence electrons. The van der Waals surface area contributed by atoms with Crippen LogP contribution in [0.3, 0.4) is 0 Å². The Bertz CT molecular complexity index is 581. The zero-order chi connectivity index (χ0) is 15.2. The highest BCUT2D eigenvalue weighted by Crippen LogP contribution is 2.24. The quantitative estimate of drug-likeness (QED) is 0.844. The fourth-order valence-corrected chi connectivity index (χ4v) is 2.17. The average Bonchev–Trinajstić information content (AvgIpc) is 2.97. The molecule has 0 aliphatic rings. The fraction of sp³-hybridized carbons (Fsp3) is 0.600. The Morgan fingerprint density at radius 1 is 1.14 bits per heavy atom. The van der Waals surface area contributed by atoms with E-state index in [1.54, 1.807) is 0 Å². The molecule has 0 aliphatic heterocycles. The number of nitrogens with one attached hydrogen (secondary N) is 1. The van der Waals surface area contributed by atoms with Gasteiger partial charge in [-0.1, -0.05) is 20.8 Å². The van der Waals surface area contributed by atoms with E-state index < -0.39 is 0 Å². The highest BCUT2D eigenvalue weighted by Gasteiger charge is 2.19. The van der Waals surface area contributed by atoms with Gasteiger partial charge >= 0.3 is 0 Å². The average molecular weight is 289 g/mol. The molecular formula is C15H23N5O. The maximum Gasteiger partial charge on any atom is 0.249 e. The highest BCUT2D eigenvalue weighted by atomic mass is 16.4. The van der Waals surface area contributed by atoms with Gasteiger partial charge in [-0.2, -0.15) is 10.2 Å². The van der Waals surface area contributed by atoms with Crippen LogP contribution >= 0.6 is 0 Å². The van der Waals surface area contributed by atoms with Gasteiger partial charge < -0.3 is 9.73 Å². The van der Waals surface area contributed by atoms with Crippen molar-refractivity contribution in [2.24, 2.45) is 0 Å². The van der Waals surface area contributed by atoms with Gasteiger partial charge in [0, 0.05) is 0 Å². The molecule has 2 aromatic rings. The molecule has 0 aromatic carbocycles. The minimum absolute atomic E-state index is 0.104. The maximum absolute atomic E-state index is 5.86. The second kappa shape index (κ2) is 7.26. The SMILES string of the molecule is CCCNC(CC)c1nnc(-c2cc(C)nnc2CC)o1. The molecule has 2 rings (SSSR count). The van der Waals surface area contributed by atoms with E-state index in [9.17, 15) is 0 Å². The summed E-state index contributed by atoms with van der Waals surface area (Å²) in [7, 11) is 0. The zero-order valence-electron chi connectivity index (χ0n) is 13.2. The summed E-state index contributed by atoms with van der Waals surface area (Å²) in [5.74, 6) is 1.16. The van der Waals surface area contributed by atoms with Gasteiger partial charge in [-0.05, 0) is 38.8 Å². The van der Waals surface area contributed by atoms with E-state index >= 15 is 0 Å². The zero-order valence-corrected chi connectivity index (χ0v) is 13.2. The van der Waals surface area contributed by atoms with Crippen LogP contribution in [0.5, 0.6) is 0 Å². The van der Waals surface area contributed by atoms with Gasteiger partial charge in [-0.25, -0.2) is 0 Å². The van der Waals surface area contributed by atoms with E-state index in [-0.39, 0.29) is 6.04 Å². The van der Waals surface area contributed by atoms with Gasteiger partial charge in [0.1, 0.15) is 0 Å². The maximum atomic E-state index is 5.86. The molecule has 0 bridgehead atoms. The third-order valence-electron chi connectivity index (χ3n) is 3.35. The van der Waals surface area contributed by atoms with Crippen LogP contribution in [0.1, 0.15) is 56.9 Å². The Morgan fingerprint density at radius 3 is 2.62 bits per heavy atom. The van der Waals surface area contributed by atoms with Crippen molar-refractivity contribution in [3.63, 3.8) is 0 Å². The van der Waals surface area contributed by atoms with Crippen LogP contribution in [0.4, 0.5) is 0 Å². The van der Waals surface area contributed by atoms with Crippen molar-refractivity contribution in [2.45, 2.75) is 53.0 Å². The van der Waals surface area contributed by atoms with Crippen molar-refractivity contribution >= 4 is 0 Å². The van der Waals surface area contributed by atoms with Gasteiger partial charge in [0.2, 0.25) is 11.8 Å². The van der Waals surface area contributed by atoms with Crippen LogP contribution in [0, 0.1) is 6.92 Å². The lowest BCUT2D eigenvalue weighted by molar-refractivity contribution is 0.396. The van der Waals surface area contributed by atoms with Crippen LogP contribution in [0.25, 0.3) is 11.5 Å². The number of nitrogens with zero attached hydrogens (tertiary/aromatic N) is 4. The topological polar surface area (TPSA) is 76.7 Å². The highest BCUT2D eigenvalue weighted by molar-refractivity contribution is 5.56. The lowest BCUT2D eigenvalue weighted by Gasteiger charge is -2.11. The number of aryl methyl sites for hydroxylation is 2. The van der Waals surface area contributed by atoms with Gasteiger partial charge in [0.05, 0.1) is 23.0 Å². The van der Waals surface area contributed by atoms with E-state index in [2.05, 4.69) is 39.6 Å². The predicted molar refractivity (Wildman–Crippen MR) is 80.8 cm³/mol. The van der Waals surface area contributed by atoms with E-state index in [0.29, 0.717) is 11.8 Å². The Balaban J connectivity index is 2.28. The molecule has 0 radical (unpaired) electrons. The van der Waals surface area contributed by atoms with E-state index in [1.807, 2.05) is 19.9 Å². The Morgan fingerprint density at radius 2 is 1.95 bits per heavy atom. The van der Waals surface area contributed by atoms with Crippen LogP contribution in [-0.2, 0) is 6.42 Å². The van der Waals surface area contributed by atoms with Crippen molar-refractivity contribution in [3.05, 3.63) is 23.3 Å². The lowest BCUT2D eigenvalue weighted by Crippen LogP contribution is -2.21. The van der Waals surface area contributed by atoms with Gasteiger partial charge in [-0.3, -0.25) is 0 Å². The summed E-state index contributed by atoms with van der Waals surface area (Å²) >= 11 is 0. The first-order chi connectivity index (χ1) is 10.2. The molecule has 1 N–H and O–H groups in total. The Hall–Kier alpha value is -1.82. The van der Waals surface area contributed by atoms with Gasteiger partial charge in [0.25, 0.3) is 0 Å². The first-order valence-electron chi connectivity index (χ1n) is 7.59. The standard InChI is InChI=1S/C15H23N5O/c1-5-8-16-13(7-3)15-20-19-14(21-15)11-9-10(4)17-18-12(11)6-2/h9,13,16H,5-8H2,1-4H3. The van der Waals surface area contributed by atoms with Crippen LogP contribution in [-0.4, -0.2) is 26.9 Å². The number of hydrogen-bond acceptors (Lipinski definition) is 6. The molecule has 0 fully saturated rings. The third-order valence-corrected chi connectivity index (χ3v) is 3.35. The van der Waals surface area contributed by atoms with Crippen molar-refractivity contribution in [2.75, 3.05) is 6.54 Å². The van der Waals surface area contributed by atoms with Crippen molar-refractivity contribution < 1.29 is 4.42 Å². The molecule has 1 unspecified atom stereocenters. The summed E-state index contributed by atoms with van der Waals surface area (Å²) < 4.78 is 5.86. The summed E-state index contributed by atoms with van der Waals surface area (Å²) in [5, 5.41) is 20.1. The molecule has 6 nitrogen and oxygen atoms in total. The summed E-state index contributed by atoms with van der Waals surface area (Å²) in [5.41, 5.74) is 2.61. The second-order valence-corrected chi connectivity index (χ2v) is 5.06. The monoisotopic (exact) mass is 289 g/mol. The van der Waals surface area contributed by atoms with Gasteiger partial charge in [0.15, 0.2) is 0 Å². The lowest BCUT2D eigenvalue weighted by atomic mass is 10.1. The smallest absolute Gasteiger partial charge is 0.249 e. The molecule has 1 atom stereocenters. The number of rotatable bonds is 7. The largest absolute Gasteiger partial charge is 0.419 e. The molecule has 0 saturated carbocycles. The summed E-state index contributed by atoms with van der Waals surface area (Å²) in [6.07, 6.45) is 2.77. The molecule has 0 saturated heterocycles. The Kier molecular flexibility index (Phi) is 5.38. The van der Waals surface area contributed by atoms with Gasteiger partial charge in [-0.15, -0.1) is 10.2 Å². The minimum Gasteiger partial charge on any atom is -0.419 e. The van der Waals surface area contributed by atoms with E-state index in [0.717, 1.165) is 42.8 Å². The molecule has 0 amide bonds. The van der Waals surface area contributed by atoms with Crippen LogP contribution in [0.15, 0.2) is 10.5 Å². The van der Waals surface area contributed by atoms with E-state index in [1.165, 1.54) is 0 Å². The molecule has 2 heterocycles. The van der Waals surface area contributed by atoms with Crippen molar-refractivity contribution in [1.29, 1.82) is 0 Å².